The predicted octanol–water partition coefficient (Wildman–Crippen LogP) is 4.19. The van der Waals surface area contributed by atoms with Gasteiger partial charge in [-0.05, 0) is 19.2 Å². The highest BCUT2D eigenvalue weighted by molar-refractivity contribution is 7.98. The summed E-state index contributed by atoms with van der Waals surface area (Å²) >= 11 is 1.09. The fraction of sp³-hybridized carbons (Fsp3) is 0.231. The third-order valence-electron chi connectivity index (χ3n) is 2.53. The van der Waals surface area contributed by atoms with Gasteiger partial charge in [0.25, 0.3) is 0 Å². The Labute approximate surface area is 113 Å². The van der Waals surface area contributed by atoms with Crippen molar-refractivity contribution in [2.45, 2.75) is 18.3 Å². The molecule has 0 atom stereocenters. The van der Waals surface area contributed by atoms with Gasteiger partial charge in [-0.3, -0.25) is 0 Å². The van der Waals surface area contributed by atoms with Crippen molar-refractivity contribution < 1.29 is 13.2 Å². The summed E-state index contributed by atoms with van der Waals surface area (Å²) in [6.45, 7) is 1.91. The van der Waals surface area contributed by atoms with Gasteiger partial charge in [0, 0.05) is 5.56 Å². The van der Waals surface area contributed by atoms with E-state index in [1.165, 1.54) is 0 Å². The lowest BCUT2D eigenvalue weighted by atomic mass is 10.1. The average molecular weight is 284 g/mol. The minimum atomic E-state index is -4.47. The molecular formula is C13H11F3N2S. The molecule has 0 fully saturated rings. The minimum absolute atomic E-state index is 0.116. The summed E-state index contributed by atoms with van der Waals surface area (Å²) in [6.07, 6.45) is -2.82. The van der Waals surface area contributed by atoms with E-state index in [1.54, 1.807) is 18.4 Å². The quantitative estimate of drug-likeness (QED) is 0.611. The van der Waals surface area contributed by atoms with E-state index < -0.39 is 11.9 Å². The van der Waals surface area contributed by atoms with Crippen molar-refractivity contribution in [2.24, 2.45) is 0 Å². The van der Waals surface area contributed by atoms with Crippen molar-refractivity contribution in [1.82, 2.24) is 9.97 Å². The van der Waals surface area contributed by atoms with Crippen molar-refractivity contribution in [1.29, 1.82) is 0 Å². The largest absolute Gasteiger partial charge is 0.433 e. The maximum atomic E-state index is 12.8. The van der Waals surface area contributed by atoms with Gasteiger partial charge >= 0.3 is 6.18 Å². The number of aryl methyl sites for hydroxylation is 1. The molecule has 1 aromatic heterocycles. The van der Waals surface area contributed by atoms with E-state index in [0.717, 1.165) is 23.4 Å². The number of alkyl halides is 3. The van der Waals surface area contributed by atoms with Crippen molar-refractivity contribution in [3.05, 3.63) is 41.6 Å². The van der Waals surface area contributed by atoms with Crippen LogP contribution in [-0.4, -0.2) is 16.2 Å². The molecule has 0 radical (unpaired) electrons. The van der Waals surface area contributed by atoms with Crippen LogP contribution in [0.2, 0.25) is 0 Å². The predicted molar refractivity (Wildman–Crippen MR) is 69.0 cm³/mol. The second kappa shape index (κ2) is 5.21. The SMILES string of the molecule is CSc1nc(-c2ccc(C)cc2)cc(C(F)(F)F)n1. The summed E-state index contributed by atoms with van der Waals surface area (Å²) in [7, 11) is 0. The van der Waals surface area contributed by atoms with Gasteiger partial charge < -0.3 is 0 Å². The van der Waals surface area contributed by atoms with Crippen LogP contribution in [0, 0.1) is 6.92 Å². The van der Waals surface area contributed by atoms with Gasteiger partial charge in [0.2, 0.25) is 0 Å². The number of nitrogens with zero attached hydrogens (tertiary/aromatic N) is 2. The molecule has 0 spiro atoms. The lowest BCUT2D eigenvalue weighted by molar-refractivity contribution is -0.141. The van der Waals surface area contributed by atoms with Crippen LogP contribution in [0.25, 0.3) is 11.3 Å². The molecule has 0 saturated carbocycles. The molecule has 0 aliphatic heterocycles. The summed E-state index contributed by atoms with van der Waals surface area (Å²) in [6, 6.07) is 8.15. The highest BCUT2D eigenvalue weighted by Gasteiger charge is 2.33. The molecule has 6 heteroatoms. The van der Waals surface area contributed by atoms with E-state index in [9.17, 15) is 13.2 Å². The topological polar surface area (TPSA) is 25.8 Å². The molecule has 1 heterocycles. The van der Waals surface area contributed by atoms with E-state index in [1.807, 2.05) is 19.1 Å². The first-order valence-electron chi connectivity index (χ1n) is 5.47. The summed E-state index contributed by atoms with van der Waals surface area (Å²) in [5.74, 6) is 0. The van der Waals surface area contributed by atoms with Crippen LogP contribution in [0.3, 0.4) is 0 Å². The van der Waals surface area contributed by atoms with Gasteiger partial charge in [-0.2, -0.15) is 13.2 Å². The Hall–Kier alpha value is -1.56. The van der Waals surface area contributed by atoms with Crippen LogP contribution in [0.4, 0.5) is 13.2 Å². The van der Waals surface area contributed by atoms with Gasteiger partial charge in [0.1, 0.15) is 5.69 Å². The first-order chi connectivity index (χ1) is 8.90. The molecule has 0 N–H and O–H groups in total. The molecule has 100 valence electrons. The monoisotopic (exact) mass is 284 g/mol. The average Bonchev–Trinajstić information content (AvgIpc) is 2.38. The molecule has 2 rings (SSSR count). The highest BCUT2D eigenvalue weighted by atomic mass is 32.2. The van der Waals surface area contributed by atoms with Crippen molar-refractivity contribution in [3.8, 4) is 11.3 Å². The van der Waals surface area contributed by atoms with E-state index >= 15 is 0 Å². The smallest absolute Gasteiger partial charge is 0.222 e. The van der Waals surface area contributed by atoms with Crippen molar-refractivity contribution >= 4 is 11.8 Å². The summed E-state index contributed by atoms with van der Waals surface area (Å²) in [5, 5.41) is 0.116. The molecule has 0 aliphatic carbocycles. The Morgan fingerprint density at radius 3 is 2.21 bits per heavy atom. The normalized spacial score (nSPS) is 11.6. The second-order valence-corrected chi connectivity index (χ2v) is 4.76. The van der Waals surface area contributed by atoms with Crippen LogP contribution < -0.4 is 0 Å². The molecule has 2 nitrogen and oxygen atoms in total. The van der Waals surface area contributed by atoms with Crippen LogP contribution in [0.5, 0.6) is 0 Å². The molecule has 0 aliphatic rings. The standard InChI is InChI=1S/C13H11F3N2S/c1-8-3-5-9(6-4-8)10-7-11(13(14,15)16)18-12(17-10)19-2/h3-7H,1-2H3. The van der Waals surface area contributed by atoms with Crippen LogP contribution in [-0.2, 0) is 6.18 Å². The molecule has 0 amide bonds. The fourth-order valence-corrected chi connectivity index (χ4v) is 1.91. The van der Waals surface area contributed by atoms with Crippen LogP contribution in [0.15, 0.2) is 35.5 Å². The van der Waals surface area contributed by atoms with Crippen molar-refractivity contribution in [3.63, 3.8) is 0 Å². The molecule has 19 heavy (non-hydrogen) atoms. The lowest BCUT2D eigenvalue weighted by Crippen LogP contribution is -2.09. The summed E-state index contributed by atoms with van der Waals surface area (Å²) < 4.78 is 38.3. The number of halogens is 3. The molecular weight excluding hydrogens is 273 g/mol. The van der Waals surface area contributed by atoms with Gasteiger partial charge in [0.05, 0.1) is 5.69 Å². The number of aromatic nitrogens is 2. The first-order valence-corrected chi connectivity index (χ1v) is 6.70. The Bertz CT molecular complexity index is 579. The van der Waals surface area contributed by atoms with Crippen LogP contribution >= 0.6 is 11.8 Å². The van der Waals surface area contributed by atoms with E-state index in [4.69, 9.17) is 0 Å². The van der Waals surface area contributed by atoms with Gasteiger partial charge in [0.15, 0.2) is 5.16 Å². The zero-order valence-corrected chi connectivity index (χ0v) is 11.1. The third-order valence-corrected chi connectivity index (χ3v) is 3.07. The number of hydrogen-bond donors (Lipinski definition) is 0. The van der Waals surface area contributed by atoms with E-state index in [-0.39, 0.29) is 10.9 Å². The van der Waals surface area contributed by atoms with Gasteiger partial charge in [-0.25, -0.2) is 9.97 Å². The zero-order chi connectivity index (χ0) is 14.0. The number of thioether (sulfide) groups is 1. The molecule has 0 bridgehead atoms. The zero-order valence-electron chi connectivity index (χ0n) is 10.3. The summed E-state index contributed by atoms with van der Waals surface area (Å²) in [5.41, 5.74) is 1.06. The molecule has 2 aromatic rings. The number of benzene rings is 1. The van der Waals surface area contributed by atoms with E-state index in [0.29, 0.717) is 5.56 Å². The maximum Gasteiger partial charge on any atom is 0.433 e. The Balaban J connectivity index is 2.54. The minimum Gasteiger partial charge on any atom is -0.222 e. The molecule has 0 unspecified atom stereocenters. The fourth-order valence-electron chi connectivity index (χ4n) is 1.53. The maximum absolute atomic E-state index is 12.8. The van der Waals surface area contributed by atoms with Crippen molar-refractivity contribution in [2.75, 3.05) is 6.26 Å². The Morgan fingerprint density at radius 1 is 1.05 bits per heavy atom. The van der Waals surface area contributed by atoms with Gasteiger partial charge in [-0.15, -0.1) is 0 Å². The first kappa shape index (κ1) is 13.9. The number of hydrogen-bond acceptors (Lipinski definition) is 3. The highest BCUT2D eigenvalue weighted by Crippen LogP contribution is 2.31. The summed E-state index contributed by atoms with van der Waals surface area (Å²) in [4.78, 5) is 7.61. The second-order valence-electron chi connectivity index (χ2n) is 3.99. The number of rotatable bonds is 2. The molecule has 1 aromatic carbocycles. The third kappa shape index (κ3) is 3.26. The Kier molecular flexibility index (Phi) is 3.80. The lowest BCUT2D eigenvalue weighted by Gasteiger charge is -2.09. The van der Waals surface area contributed by atoms with E-state index in [2.05, 4.69) is 9.97 Å². The Morgan fingerprint density at radius 2 is 1.68 bits per heavy atom. The van der Waals surface area contributed by atoms with Crippen LogP contribution in [0.1, 0.15) is 11.3 Å². The van der Waals surface area contributed by atoms with Gasteiger partial charge in [-0.1, -0.05) is 41.6 Å². The molecule has 0 saturated heterocycles.